The largest absolute Gasteiger partial charge is 0.326 e. The Labute approximate surface area is 130 Å². The molecule has 1 saturated heterocycles. The third-order valence-corrected chi connectivity index (χ3v) is 6.51. The Balaban J connectivity index is 1.82. The lowest BCUT2D eigenvalue weighted by Gasteiger charge is -2.45. The van der Waals surface area contributed by atoms with Crippen LogP contribution in [0.4, 0.5) is 5.69 Å². The number of rotatable bonds is 1. The number of para-hydroxylation sites is 1. The zero-order chi connectivity index (χ0) is 14.9. The lowest BCUT2D eigenvalue weighted by atomic mass is 9.65. The molecule has 4 aliphatic rings. The fraction of sp³-hybridized carbons (Fsp3) is 0.421. The van der Waals surface area contributed by atoms with E-state index in [1.54, 1.807) is 0 Å². The summed E-state index contributed by atoms with van der Waals surface area (Å²) in [7, 11) is 0. The van der Waals surface area contributed by atoms with E-state index in [-0.39, 0.29) is 22.7 Å². The topological polar surface area (TPSA) is 32.3 Å². The molecule has 22 heavy (non-hydrogen) atoms. The smallest absolute Gasteiger partial charge is 0.228 e. The average molecular weight is 292 g/mol. The second-order valence-electron chi connectivity index (χ2n) is 7.20. The molecule has 4 atom stereocenters. The highest BCUT2D eigenvalue weighted by atomic mass is 16.2. The van der Waals surface area contributed by atoms with Gasteiger partial charge in [-0.15, -0.1) is 6.58 Å². The minimum Gasteiger partial charge on any atom is -0.326 e. The summed E-state index contributed by atoms with van der Waals surface area (Å²) in [5, 5.41) is 3.14. The summed E-state index contributed by atoms with van der Waals surface area (Å²) >= 11 is 0. The normalized spacial score (nSPS) is 41.5. The van der Waals surface area contributed by atoms with Crippen LogP contribution in [0.25, 0.3) is 0 Å². The Morgan fingerprint density at radius 1 is 1.36 bits per heavy atom. The average Bonchev–Trinajstić information content (AvgIpc) is 3.08. The van der Waals surface area contributed by atoms with Crippen molar-refractivity contribution in [3.8, 4) is 0 Å². The number of carbonyl (C=O) groups is 1. The molecule has 0 radical (unpaired) electrons. The molecule has 1 saturated carbocycles. The van der Waals surface area contributed by atoms with Crippen molar-refractivity contribution in [2.75, 3.05) is 18.4 Å². The van der Waals surface area contributed by atoms with Gasteiger partial charge in [-0.3, -0.25) is 9.69 Å². The summed E-state index contributed by atoms with van der Waals surface area (Å²) in [4.78, 5) is 15.4. The summed E-state index contributed by atoms with van der Waals surface area (Å²) in [6.07, 6.45) is 8.64. The minimum atomic E-state index is -0.0613. The quantitative estimate of drug-likeness (QED) is 0.807. The molecule has 0 aromatic heterocycles. The van der Waals surface area contributed by atoms with E-state index in [1.807, 2.05) is 12.1 Å². The Morgan fingerprint density at radius 2 is 2.23 bits per heavy atom. The van der Waals surface area contributed by atoms with E-state index < -0.39 is 0 Å². The van der Waals surface area contributed by atoms with E-state index in [2.05, 4.69) is 47.2 Å². The number of benzene rings is 1. The zero-order valence-electron chi connectivity index (χ0n) is 12.6. The summed E-state index contributed by atoms with van der Waals surface area (Å²) in [6.45, 7) is 6.21. The molecule has 1 aromatic carbocycles. The zero-order valence-corrected chi connectivity index (χ0v) is 12.6. The van der Waals surface area contributed by atoms with E-state index in [9.17, 15) is 4.79 Å². The van der Waals surface area contributed by atoms with E-state index >= 15 is 0 Å². The molecule has 1 N–H and O–H groups in total. The maximum absolute atomic E-state index is 12.8. The first-order valence-corrected chi connectivity index (χ1v) is 8.17. The highest BCUT2D eigenvalue weighted by Gasteiger charge is 2.69. The summed E-state index contributed by atoms with van der Waals surface area (Å²) in [5.74, 6) is 0.253. The fourth-order valence-electron chi connectivity index (χ4n) is 5.79. The van der Waals surface area contributed by atoms with Crippen LogP contribution < -0.4 is 5.32 Å². The van der Waals surface area contributed by atoms with E-state index in [1.165, 1.54) is 5.56 Å². The first-order valence-electron chi connectivity index (χ1n) is 8.17. The van der Waals surface area contributed by atoms with Crippen molar-refractivity contribution in [1.82, 2.24) is 4.90 Å². The van der Waals surface area contributed by atoms with Crippen molar-refractivity contribution in [2.24, 2.45) is 11.3 Å². The lowest BCUT2D eigenvalue weighted by Crippen LogP contribution is -2.52. The van der Waals surface area contributed by atoms with Crippen molar-refractivity contribution < 1.29 is 4.79 Å². The van der Waals surface area contributed by atoms with Crippen molar-refractivity contribution in [1.29, 1.82) is 0 Å². The molecule has 0 bridgehead atoms. The van der Waals surface area contributed by atoms with Crippen LogP contribution in [-0.4, -0.2) is 29.9 Å². The van der Waals surface area contributed by atoms with Crippen molar-refractivity contribution >= 4 is 11.6 Å². The van der Waals surface area contributed by atoms with Crippen LogP contribution in [0.15, 0.2) is 49.1 Å². The summed E-state index contributed by atoms with van der Waals surface area (Å²) < 4.78 is 0. The van der Waals surface area contributed by atoms with Gasteiger partial charge in [0.1, 0.15) is 0 Å². The van der Waals surface area contributed by atoms with Gasteiger partial charge in [0.2, 0.25) is 5.91 Å². The van der Waals surface area contributed by atoms with Gasteiger partial charge in [-0.05, 0) is 31.0 Å². The summed E-state index contributed by atoms with van der Waals surface area (Å²) in [6, 6.07) is 8.77. The Kier molecular flexibility index (Phi) is 2.25. The predicted octanol–water partition coefficient (Wildman–Crippen LogP) is 2.71. The molecule has 2 fully saturated rings. The third-order valence-electron chi connectivity index (χ3n) is 6.51. The second kappa shape index (κ2) is 3.90. The van der Waals surface area contributed by atoms with Gasteiger partial charge in [-0.1, -0.05) is 36.4 Å². The van der Waals surface area contributed by atoms with Crippen LogP contribution >= 0.6 is 0 Å². The molecule has 1 aromatic rings. The molecule has 112 valence electrons. The van der Waals surface area contributed by atoms with Crippen LogP contribution in [0.3, 0.4) is 0 Å². The number of fused-ring (bicyclic) bond motifs is 1. The Hall–Kier alpha value is -1.87. The number of hydrogen-bond donors (Lipinski definition) is 1. The van der Waals surface area contributed by atoms with E-state index in [4.69, 9.17) is 0 Å². The van der Waals surface area contributed by atoms with Crippen LogP contribution in [-0.2, 0) is 10.2 Å². The number of hydrogen-bond acceptors (Lipinski definition) is 2. The van der Waals surface area contributed by atoms with Crippen molar-refractivity contribution in [3.05, 3.63) is 54.6 Å². The maximum atomic E-state index is 12.8. The first-order chi connectivity index (χ1) is 10.7. The van der Waals surface area contributed by atoms with Crippen LogP contribution in [0.5, 0.6) is 0 Å². The fourth-order valence-corrected chi connectivity index (χ4v) is 5.79. The van der Waals surface area contributed by atoms with Gasteiger partial charge < -0.3 is 5.32 Å². The molecule has 3 nitrogen and oxygen atoms in total. The van der Waals surface area contributed by atoms with Gasteiger partial charge in [0.25, 0.3) is 0 Å². The number of nitrogens with zero attached hydrogens (tertiary/aromatic N) is 1. The summed E-state index contributed by atoms with van der Waals surface area (Å²) in [5.41, 5.74) is 2.25. The molecule has 1 spiro atoms. The maximum Gasteiger partial charge on any atom is 0.228 e. The number of anilines is 1. The SMILES string of the molecule is C=CC12C=CCN3CCC4(c5ccccc5NC(=O)C4C1)C32. The molecule has 5 rings (SSSR count). The molecule has 1 aliphatic carbocycles. The van der Waals surface area contributed by atoms with Gasteiger partial charge in [-0.25, -0.2) is 0 Å². The van der Waals surface area contributed by atoms with Crippen LogP contribution in [0, 0.1) is 11.3 Å². The lowest BCUT2D eigenvalue weighted by molar-refractivity contribution is -0.122. The first kappa shape index (κ1) is 12.7. The van der Waals surface area contributed by atoms with Gasteiger partial charge >= 0.3 is 0 Å². The highest BCUT2D eigenvalue weighted by Crippen LogP contribution is 2.65. The monoisotopic (exact) mass is 292 g/mol. The van der Waals surface area contributed by atoms with Gasteiger partial charge in [0.15, 0.2) is 0 Å². The van der Waals surface area contributed by atoms with Crippen molar-refractivity contribution in [3.63, 3.8) is 0 Å². The molecule has 4 unspecified atom stereocenters. The van der Waals surface area contributed by atoms with Crippen LogP contribution in [0.2, 0.25) is 0 Å². The van der Waals surface area contributed by atoms with E-state index in [0.29, 0.717) is 6.04 Å². The number of amides is 1. The number of carbonyl (C=O) groups excluding carboxylic acids is 1. The minimum absolute atomic E-state index is 0.0438. The Morgan fingerprint density at radius 3 is 3.09 bits per heavy atom. The molecular weight excluding hydrogens is 272 g/mol. The standard InChI is InChI=1S/C19H20N2O/c1-2-18-8-5-10-21-11-9-19(17(18)21)13-6-3-4-7-15(13)20-16(22)14(19)12-18/h2-8,14,17H,1,9-12H2,(H,20,22). The van der Waals surface area contributed by atoms with Gasteiger partial charge in [-0.2, -0.15) is 0 Å². The molecular formula is C19H20N2O. The molecule has 1 amide bonds. The van der Waals surface area contributed by atoms with Crippen LogP contribution in [0.1, 0.15) is 18.4 Å². The van der Waals surface area contributed by atoms with Crippen molar-refractivity contribution in [2.45, 2.75) is 24.3 Å². The van der Waals surface area contributed by atoms with E-state index in [0.717, 1.165) is 31.6 Å². The van der Waals surface area contributed by atoms with Gasteiger partial charge in [0.05, 0.1) is 5.92 Å². The third kappa shape index (κ3) is 1.22. The number of nitrogens with one attached hydrogen (secondary N) is 1. The second-order valence-corrected chi connectivity index (χ2v) is 7.20. The molecule has 3 heteroatoms. The Bertz CT molecular complexity index is 724. The predicted molar refractivity (Wildman–Crippen MR) is 86.6 cm³/mol. The van der Waals surface area contributed by atoms with Gasteiger partial charge in [0, 0.05) is 29.1 Å². The molecule has 3 aliphatic heterocycles. The highest BCUT2D eigenvalue weighted by molar-refractivity contribution is 5.98. The molecule has 3 heterocycles.